The highest BCUT2D eigenvalue weighted by atomic mass is 32.1. The van der Waals surface area contributed by atoms with Gasteiger partial charge in [-0.1, -0.05) is 0 Å². The zero-order chi connectivity index (χ0) is 13.0. The van der Waals surface area contributed by atoms with Gasteiger partial charge in [-0.2, -0.15) is 17.7 Å². The van der Waals surface area contributed by atoms with E-state index in [4.69, 9.17) is 9.47 Å². The van der Waals surface area contributed by atoms with Crippen molar-refractivity contribution >= 4 is 12.6 Å². The third-order valence-electron chi connectivity index (χ3n) is 2.43. The molecule has 2 aromatic rings. The lowest BCUT2D eigenvalue weighted by Gasteiger charge is -2.09. The van der Waals surface area contributed by atoms with Crippen molar-refractivity contribution in [2.24, 2.45) is 0 Å². The molecule has 0 aliphatic rings. The minimum atomic E-state index is 0.444. The van der Waals surface area contributed by atoms with Gasteiger partial charge in [0.2, 0.25) is 0 Å². The van der Waals surface area contributed by atoms with Gasteiger partial charge in [-0.15, -0.1) is 5.10 Å². The summed E-state index contributed by atoms with van der Waals surface area (Å²) in [6, 6.07) is 5.53. The van der Waals surface area contributed by atoms with Crippen LogP contribution in [0.1, 0.15) is 5.82 Å². The molecule has 0 aliphatic carbocycles. The van der Waals surface area contributed by atoms with Gasteiger partial charge >= 0.3 is 0 Å². The largest absolute Gasteiger partial charge is 0.497 e. The number of nitrogens with zero attached hydrogens (tertiary/aromatic N) is 3. The van der Waals surface area contributed by atoms with E-state index >= 15 is 0 Å². The summed E-state index contributed by atoms with van der Waals surface area (Å²) in [5, 5.41) is 7.77. The summed E-state index contributed by atoms with van der Waals surface area (Å²) in [5.74, 6) is 2.43. The first-order valence-corrected chi connectivity index (χ1v) is 5.93. The molecule has 0 N–H and O–H groups in total. The SMILES string of the molecule is COc1ccc(-c2cnnc(CS)n2)c(OC)c1. The fourth-order valence-corrected chi connectivity index (χ4v) is 1.68. The van der Waals surface area contributed by atoms with E-state index in [-0.39, 0.29) is 0 Å². The van der Waals surface area contributed by atoms with Gasteiger partial charge in [-0.25, -0.2) is 4.98 Å². The Morgan fingerprint density at radius 2 is 2.06 bits per heavy atom. The van der Waals surface area contributed by atoms with Crippen LogP contribution in [0.2, 0.25) is 0 Å². The van der Waals surface area contributed by atoms with Crippen LogP contribution >= 0.6 is 12.6 Å². The first-order valence-electron chi connectivity index (χ1n) is 5.30. The summed E-state index contributed by atoms with van der Waals surface area (Å²) in [7, 11) is 3.21. The van der Waals surface area contributed by atoms with E-state index < -0.39 is 0 Å². The predicted molar refractivity (Wildman–Crippen MR) is 71.1 cm³/mol. The molecule has 18 heavy (non-hydrogen) atoms. The Balaban J connectivity index is 2.48. The fraction of sp³-hybridized carbons (Fsp3) is 0.250. The van der Waals surface area contributed by atoms with Crippen molar-refractivity contribution in [3.05, 3.63) is 30.2 Å². The molecule has 5 nitrogen and oxygen atoms in total. The maximum Gasteiger partial charge on any atom is 0.161 e. The third-order valence-corrected chi connectivity index (χ3v) is 2.71. The molecule has 0 fully saturated rings. The van der Waals surface area contributed by atoms with Crippen LogP contribution in [0.5, 0.6) is 11.5 Å². The van der Waals surface area contributed by atoms with E-state index in [0.29, 0.717) is 23.0 Å². The summed E-state index contributed by atoms with van der Waals surface area (Å²) >= 11 is 4.13. The van der Waals surface area contributed by atoms with Crippen LogP contribution in [0.4, 0.5) is 0 Å². The van der Waals surface area contributed by atoms with Crippen LogP contribution in [0.25, 0.3) is 11.3 Å². The average Bonchev–Trinajstić information content (AvgIpc) is 2.46. The van der Waals surface area contributed by atoms with E-state index in [1.54, 1.807) is 26.5 Å². The third kappa shape index (κ3) is 2.53. The lowest BCUT2D eigenvalue weighted by molar-refractivity contribution is 0.395. The van der Waals surface area contributed by atoms with Gasteiger partial charge in [0.15, 0.2) is 5.82 Å². The molecule has 0 saturated carbocycles. The normalized spacial score (nSPS) is 10.2. The number of hydrogen-bond acceptors (Lipinski definition) is 6. The summed E-state index contributed by atoms with van der Waals surface area (Å²) in [6.07, 6.45) is 1.59. The number of ether oxygens (including phenoxy) is 2. The number of aromatic nitrogens is 3. The summed E-state index contributed by atoms with van der Waals surface area (Å²) < 4.78 is 10.5. The van der Waals surface area contributed by atoms with E-state index in [0.717, 1.165) is 11.3 Å². The number of hydrogen-bond donors (Lipinski definition) is 1. The molecule has 6 heteroatoms. The molecule has 0 atom stereocenters. The standard InChI is InChI=1S/C12H13N3O2S/c1-16-8-3-4-9(11(5-8)17-2)10-6-13-15-12(7-18)14-10/h3-6,18H,7H2,1-2H3. The number of benzene rings is 1. The molecule has 1 aromatic heterocycles. The van der Waals surface area contributed by atoms with Crippen molar-refractivity contribution in [1.29, 1.82) is 0 Å². The quantitative estimate of drug-likeness (QED) is 0.855. The zero-order valence-electron chi connectivity index (χ0n) is 10.1. The summed E-state index contributed by atoms with van der Waals surface area (Å²) in [5.41, 5.74) is 1.55. The Kier molecular flexibility index (Phi) is 3.99. The number of rotatable bonds is 4. The maximum atomic E-state index is 5.33. The van der Waals surface area contributed by atoms with Crippen LogP contribution in [0.3, 0.4) is 0 Å². The van der Waals surface area contributed by atoms with Gasteiger partial charge in [0.05, 0.1) is 31.9 Å². The van der Waals surface area contributed by atoms with Crippen LogP contribution < -0.4 is 9.47 Å². The van der Waals surface area contributed by atoms with Crippen molar-refractivity contribution in [3.63, 3.8) is 0 Å². The van der Waals surface area contributed by atoms with Gasteiger partial charge in [0.25, 0.3) is 0 Å². The molecule has 0 unspecified atom stereocenters. The maximum absolute atomic E-state index is 5.33. The van der Waals surface area contributed by atoms with Gasteiger partial charge < -0.3 is 9.47 Å². The molecule has 0 aliphatic heterocycles. The van der Waals surface area contributed by atoms with Crippen molar-refractivity contribution in [1.82, 2.24) is 15.2 Å². The van der Waals surface area contributed by atoms with Crippen molar-refractivity contribution in [2.75, 3.05) is 14.2 Å². The Morgan fingerprint density at radius 3 is 2.72 bits per heavy atom. The van der Waals surface area contributed by atoms with E-state index in [1.165, 1.54) is 0 Å². The highest BCUT2D eigenvalue weighted by Gasteiger charge is 2.10. The Labute approximate surface area is 111 Å². The van der Waals surface area contributed by atoms with E-state index in [9.17, 15) is 0 Å². The first kappa shape index (κ1) is 12.6. The molecule has 0 saturated heterocycles. The highest BCUT2D eigenvalue weighted by molar-refractivity contribution is 7.79. The van der Waals surface area contributed by atoms with Crippen LogP contribution in [-0.4, -0.2) is 29.4 Å². The van der Waals surface area contributed by atoms with Gasteiger partial charge in [0, 0.05) is 11.6 Å². The van der Waals surface area contributed by atoms with Crippen molar-refractivity contribution < 1.29 is 9.47 Å². The molecule has 0 spiro atoms. The molecule has 2 rings (SSSR count). The Hall–Kier alpha value is -1.82. The van der Waals surface area contributed by atoms with Gasteiger partial charge in [-0.3, -0.25) is 0 Å². The lowest BCUT2D eigenvalue weighted by Crippen LogP contribution is -1.98. The van der Waals surface area contributed by atoms with Crippen LogP contribution in [-0.2, 0) is 5.75 Å². The second-order valence-electron chi connectivity index (χ2n) is 3.48. The molecule has 0 radical (unpaired) electrons. The lowest BCUT2D eigenvalue weighted by atomic mass is 10.1. The van der Waals surface area contributed by atoms with Crippen molar-refractivity contribution in [3.8, 4) is 22.8 Å². The predicted octanol–water partition coefficient (Wildman–Crippen LogP) is 1.99. The molecule has 0 bridgehead atoms. The number of methoxy groups -OCH3 is 2. The second kappa shape index (κ2) is 5.68. The van der Waals surface area contributed by atoms with Crippen LogP contribution in [0, 0.1) is 0 Å². The minimum Gasteiger partial charge on any atom is -0.497 e. The van der Waals surface area contributed by atoms with Crippen LogP contribution in [0.15, 0.2) is 24.4 Å². The topological polar surface area (TPSA) is 57.1 Å². The smallest absolute Gasteiger partial charge is 0.161 e. The molecular formula is C12H13N3O2S. The average molecular weight is 263 g/mol. The summed E-state index contributed by atoms with van der Waals surface area (Å²) in [6.45, 7) is 0. The zero-order valence-corrected chi connectivity index (χ0v) is 11.0. The highest BCUT2D eigenvalue weighted by Crippen LogP contribution is 2.31. The molecule has 0 amide bonds. The molecule has 94 valence electrons. The van der Waals surface area contributed by atoms with Gasteiger partial charge in [0.1, 0.15) is 11.5 Å². The Morgan fingerprint density at radius 1 is 1.22 bits per heavy atom. The first-order chi connectivity index (χ1) is 8.78. The molecular weight excluding hydrogens is 250 g/mol. The minimum absolute atomic E-state index is 0.444. The molecule has 1 heterocycles. The van der Waals surface area contributed by atoms with Gasteiger partial charge in [-0.05, 0) is 12.1 Å². The fourth-order valence-electron chi connectivity index (χ4n) is 1.55. The van der Waals surface area contributed by atoms with Crippen molar-refractivity contribution in [2.45, 2.75) is 5.75 Å². The summed E-state index contributed by atoms with van der Waals surface area (Å²) in [4.78, 5) is 4.35. The Bertz CT molecular complexity index is 549. The van der Waals surface area contributed by atoms with E-state index in [1.807, 2.05) is 12.1 Å². The molecule has 1 aromatic carbocycles. The number of thiol groups is 1. The monoisotopic (exact) mass is 263 g/mol. The second-order valence-corrected chi connectivity index (χ2v) is 3.80. The van der Waals surface area contributed by atoms with E-state index in [2.05, 4.69) is 27.8 Å².